The van der Waals surface area contributed by atoms with Crippen LogP contribution in [0.5, 0.6) is 11.5 Å². The Morgan fingerprint density at radius 1 is 1.10 bits per heavy atom. The second-order valence-electron chi connectivity index (χ2n) is 7.90. The van der Waals surface area contributed by atoms with Gasteiger partial charge in [0.05, 0.1) is 26.4 Å². The Labute approximate surface area is 182 Å². The van der Waals surface area contributed by atoms with E-state index in [1.807, 2.05) is 12.1 Å². The van der Waals surface area contributed by atoms with E-state index in [0.29, 0.717) is 35.1 Å². The maximum absolute atomic E-state index is 12.7. The smallest absolute Gasteiger partial charge is 0.338 e. The molecular weight excluding hydrogens is 396 g/mol. The van der Waals surface area contributed by atoms with Crippen molar-refractivity contribution in [3.05, 3.63) is 59.2 Å². The fraction of sp³-hybridized carbons (Fsp3) is 0.333. The molecule has 0 aromatic heterocycles. The Morgan fingerprint density at radius 3 is 2.35 bits per heavy atom. The van der Waals surface area contributed by atoms with Crippen LogP contribution in [0.2, 0.25) is 0 Å². The molecule has 2 N–H and O–H groups in total. The summed E-state index contributed by atoms with van der Waals surface area (Å²) in [5.41, 5.74) is 3.44. The molecule has 0 saturated carbocycles. The molecule has 0 atom stereocenters. The predicted octanol–water partition coefficient (Wildman–Crippen LogP) is 3.78. The summed E-state index contributed by atoms with van der Waals surface area (Å²) in [7, 11) is 3.19. The third-order valence-electron chi connectivity index (χ3n) is 4.94. The number of rotatable bonds is 6. The van der Waals surface area contributed by atoms with E-state index in [1.165, 1.54) is 6.08 Å². The molecule has 0 bridgehead atoms. The van der Waals surface area contributed by atoms with Crippen molar-refractivity contribution in [2.45, 2.75) is 32.7 Å². The molecule has 1 aliphatic heterocycles. The number of benzene rings is 2. The van der Waals surface area contributed by atoms with Crippen LogP contribution < -0.4 is 20.1 Å². The number of carbonyl (C=O) groups is 2. The first-order valence-corrected chi connectivity index (χ1v) is 10.1. The van der Waals surface area contributed by atoms with Crippen molar-refractivity contribution in [2.75, 3.05) is 26.1 Å². The van der Waals surface area contributed by atoms with Crippen LogP contribution in [0, 0.1) is 0 Å². The molecule has 1 heterocycles. The fourth-order valence-corrected chi connectivity index (χ4v) is 3.60. The Hall–Kier alpha value is -3.48. The van der Waals surface area contributed by atoms with E-state index < -0.39 is 5.97 Å². The number of esters is 1. The molecule has 0 unspecified atom stereocenters. The first kappa shape index (κ1) is 22.2. The number of ether oxygens (including phenoxy) is 3. The van der Waals surface area contributed by atoms with Crippen LogP contribution in [0.1, 0.15) is 42.3 Å². The van der Waals surface area contributed by atoms with E-state index in [-0.39, 0.29) is 11.4 Å². The zero-order valence-electron chi connectivity index (χ0n) is 18.5. The molecule has 3 rings (SSSR count). The third-order valence-corrected chi connectivity index (χ3v) is 4.94. The largest absolute Gasteiger partial charge is 0.493 e. The van der Waals surface area contributed by atoms with Crippen molar-refractivity contribution in [3.8, 4) is 11.5 Å². The molecular formula is C24H28N2O5. The van der Waals surface area contributed by atoms with Crippen molar-refractivity contribution in [2.24, 2.45) is 0 Å². The van der Waals surface area contributed by atoms with Gasteiger partial charge in [0.25, 0.3) is 0 Å². The Bertz CT molecular complexity index is 1010. The van der Waals surface area contributed by atoms with E-state index in [1.54, 1.807) is 45.4 Å². The number of amides is 1. The Balaban J connectivity index is 1.85. The maximum Gasteiger partial charge on any atom is 0.338 e. The number of methoxy groups -OCH3 is 2. The van der Waals surface area contributed by atoms with Gasteiger partial charge in [-0.2, -0.15) is 0 Å². The minimum absolute atomic E-state index is 0.236. The van der Waals surface area contributed by atoms with Gasteiger partial charge in [0.15, 0.2) is 11.5 Å². The Kier molecular flexibility index (Phi) is 6.53. The van der Waals surface area contributed by atoms with Gasteiger partial charge in [-0.1, -0.05) is 0 Å². The van der Waals surface area contributed by atoms with Crippen LogP contribution in [0.4, 0.5) is 5.69 Å². The molecule has 1 amide bonds. The van der Waals surface area contributed by atoms with Crippen molar-refractivity contribution in [1.29, 1.82) is 0 Å². The van der Waals surface area contributed by atoms with E-state index in [9.17, 15) is 9.59 Å². The van der Waals surface area contributed by atoms with Crippen LogP contribution in [-0.4, -0.2) is 38.2 Å². The normalized spacial score (nSPS) is 15.5. The van der Waals surface area contributed by atoms with Crippen molar-refractivity contribution < 1.29 is 23.8 Å². The summed E-state index contributed by atoms with van der Waals surface area (Å²) in [6.07, 6.45) is 2.31. The molecule has 0 saturated heterocycles. The van der Waals surface area contributed by atoms with Gasteiger partial charge < -0.3 is 24.8 Å². The Morgan fingerprint density at radius 2 is 1.74 bits per heavy atom. The lowest BCUT2D eigenvalue weighted by atomic mass is 9.85. The van der Waals surface area contributed by atoms with Gasteiger partial charge in [0.1, 0.15) is 0 Å². The topological polar surface area (TPSA) is 85.9 Å². The highest BCUT2D eigenvalue weighted by molar-refractivity contribution is 6.04. The summed E-state index contributed by atoms with van der Waals surface area (Å²) in [5, 5.41) is 6.27. The zero-order chi connectivity index (χ0) is 22.6. The van der Waals surface area contributed by atoms with Gasteiger partial charge in [0, 0.05) is 28.6 Å². The summed E-state index contributed by atoms with van der Waals surface area (Å²) < 4.78 is 15.8. The predicted molar refractivity (Wildman–Crippen MR) is 119 cm³/mol. The summed E-state index contributed by atoms with van der Waals surface area (Å²) >= 11 is 0. The van der Waals surface area contributed by atoms with Gasteiger partial charge in [0.2, 0.25) is 5.91 Å². The monoisotopic (exact) mass is 424 g/mol. The lowest BCUT2D eigenvalue weighted by Crippen LogP contribution is -2.44. The first-order chi connectivity index (χ1) is 14.8. The number of hydrogen-bond donors (Lipinski definition) is 2. The number of hydrogen-bond acceptors (Lipinski definition) is 6. The average Bonchev–Trinajstić information content (AvgIpc) is 2.72. The molecule has 2 aromatic rings. The van der Waals surface area contributed by atoms with Crippen molar-refractivity contribution >= 4 is 23.3 Å². The summed E-state index contributed by atoms with van der Waals surface area (Å²) in [6, 6.07) is 10.4. The molecule has 7 nitrogen and oxygen atoms in total. The van der Waals surface area contributed by atoms with Gasteiger partial charge in [-0.25, -0.2) is 4.79 Å². The maximum atomic E-state index is 12.7. The van der Waals surface area contributed by atoms with Crippen molar-refractivity contribution in [1.82, 2.24) is 5.32 Å². The first-order valence-electron chi connectivity index (χ1n) is 10.1. The summed E-state index contributed by atoms with van der Waals surface area (Å²) in [6.45, 7) is 6.22. The lowest BCUT2D eigenvalue weighted by Gasteiger charge is -2.36. The molecule has 164 valence electrons. The van der Waals surface area contributed by atoms with Crippen LogP contribution in [0.3, 0.4) is 0 Å². The van der Waals surface area contributed by atoms with Crippen LogP contribution >= 0.6 is 0 Å². The number of carbonyl (C=O) groups excluding carboxylic acids is 2. The molecule has 31 heavy (non-hydrogen) atoms. The standard InChI is InChI=1S/C24H28N2O5/c1-6-31-23(28)15-7-9-17(10-8-15)25-22(27)13-19-18-12-21(30-5)20(29-4)11-16(18)14-24(2,3)26-19/h7-13,26H,6,14H2,1-5H3,(H,25,27)/b19-13-. The van der Waals surface area contributed by atoms with E-state index in [2.05, 4.69) is 24.5 Å². The number of anilines is 1. The number of nitrogens with one attached hydrogen (secondary N) is 2. The summed E-state index contributed by atoms with van der Waals surface area (Å²) in [4.78, 5) is 24.5. The molecule has 2 aromatic carbocycles. The molecule has 7 heteroatoms. The second-order valence-corrected chi connectivity index (χ2v) is 7.90. The minimum atomic E-state index is -0.392. The van der Waals surface area contributed by atoms with E-state index >= 15 is 0 Å². The van der Waals surface area contributed by atoms with Gasteiger partial charge in [-0.15, -0.1) is 0 Å². The van der Waals surface area contributed by atoms with E-state index in [0.717, 1.165) is 17.5 Å². The average molecular weight is 424 g/mol. The zero-order valence-corrected chi connectivity index (χ0v) is 18.5. The van der Waals surface area contributed by atoms with Crippen LogP contribution in [0.15, 0.2) is 42.5 Å². The quantitative estimate of drug-likeness (QED) is 0.542. The van der Waals surface area contributed by atoms with Crippen LogP contribution in [-0.2, 0) is 16.0 Å². The highest BCUT2D eigenvalue weighted by Gasteiger charge is 2.29. The SMILES string of the molecule is CCOC(=O)c1ccc(NC(=O)/C=C2\NC(C)(C)Cc3cc(OC)c(OC)cc32)cc1. The molecule has 0 fully saturated rings. The van der Waals surface area contributed by atoms with Gasteiger partial charge >= 0.3 is 5.97 Å². The van der Waals surface area contributed by atoms with E-state index in [4.69, 9.17) is 14.2 Å². The van der Waals surface area contributed by atoms with Gasteiger partial charge in [-0.3, -0.25) is 4.79 Å². The fourth-order valence-electron chi connectivity index (χ4n) is 3.60. The molecule has 1 aliphatic rings. The summed E-state index contributed by atoms with van der Waals surface area (Å²) in [5.74, 6) is 0.579. The molecule has 0 spiro atoms. The van der Waals surface area contributed by atoms with Gasteiger partial charge in [-0.05, 0) is 69.2 Å². The third kappa shape index (κ3) is 5.17. The molecule has 0 radical (unpaired) electrons. The number of fused-ring (bicyclic) bond motifs is 1. The molecule has 0 aliphatic carbocycles. The lowest BCUT2D eigenvalue weighted by molar-refractivity contribution is -0.111. The van der Waals surface area contributed by atoms with Crippen LogP contribution in [0.25, 0.3) is 5.70 Å². The highest BCUT2D eigenvalue weighted by atomic mass is 16.5. The second kappa shape index (κ2) is 9.12. The highest BCUT2D eigenvalue weighted by Crippen LogP contribution is 2.37. The van der Waals surface area contributed by atoms with Crippen molar-refractivity contribution in [3.63, 3.8) is 0 Å². The minimum Gasteiger partial charge on any atom is -0.493 e.